The lowest BCUT2D eigenvalue weighted by Gasteiger charge is -2.29. The van der Waals surface area contributed by atoms with Crippen molar-refractivity contribution in [3.05, 3.63) is 30.1 Å². The van der Waals surface area contributed by atoms with Gasteiger partial charge in [0.05, 0.1) is 0 Å². The lowest BCUT2D eigenvalue weighted by molar-refractivity contribution is 0.137. The topological polar surface area (TPSA) is 55.6 Å². The van der Waals surface area contributed by atoms with Crippen LogP contribution in [0.1, 0.15) is 12.8 Å². The molecule has 0 spiro atoms. The molecule has 1 aliphatic heterocycles. The number of nitrogens with two attached hydrogens (primary N) is 1. The van der Waals surface area contributed by atoms with E-state index < -0.39 is 11.9 Å². The Morgan fingerprint density at radius 2 is 2.00 bits per heavy atom. The first-order chi connectivity index (χ1) is 8.16. The maximum absolute atomic E-state index is 13.3. The number of carbonyl (C=O) groups is 1. The number of hydrogen-bond donors (Lipinski definition) is 1. The van der Waals surface area contributed by atoms with Gasteiger partial charge in [-0.25, -0.2) is 9.18 Å². The molecule has 1 amide bonds. The predicted molar refractivity (Wildman–Crippen MR) is 61.2 cm³/mol. The molecule has 0 saturated carbocycles. The van der Waals surface area contributed by atoms with E-state index >= 15 is 0 Å². The smallest absolute Gasteiger partial charge is 0.407 e. The number of hydrogen-bond acceptors (Lipinski definition) is 3. The molecule has 2 N–H and O–H groups in total. The summed E-state index contributed by atoms with van der Waals surface area (Å²) >= 11 is 0. The van der Waals surface area contributed by atoms with Crippen LogP contribution in [0.25, 0.3) is 0 Å². The molecule has 0 unspecified atom stereocenters. The summed E-state index contributed by atoms with van der Waals surface area (Å²) in [6.45, 7) is 1.13. The molecule has 17 heavy (non-hydrogen) atoms. The summed E-state index contributed by atoms with van der Waals surface area (Å²) in [4.78, 5) is 13.3. The van der Waals surface area contributed by atoms with Crippen LogP contribution in [0.15, 0.2) is 24.3 Å². The van der Waals surface area contributed by atoms with E-state index in [1.807, 2.05) is 0 Å². The zero-order valence-electron chi connectivity index (χ0n) is 9.43. The number of ether oxygens (including phenoxy) is 1. The van der Waals surface area contributed by atoms with Crippen LogP contribution in [0.3, 0.4) is 0 Å². The van der Waals surface area contributed by atoms with Crippen molar-refractivity contribution in [2.45, 2.75) is 18.9 Å². The first-order valence-electron chi connectivity index (χ1n) is 5.63. The van der Waals surface area contributed by atoms with Crippen molar-refractivity contribution in [3.63, 3.8) is 0 Å². The van der Waals surface area contributed by atoms with E-state index in [-0.39, 0.29) is 11.8 Å². The molecule has 1 aliphatic rings. The van der Waals surface area contributed by atoms with Gasteiger partial charge in [0.15, 0.2) is 11.6 Å². The molecular formula is C12H15FN2O2. The average Bonchev–Trinajstić information content (AvgIpc) is 2.33. The lowest BCUT2D eigenvalue weighted by Crippen LogP contribution is -2.44. The Labute approximate surface area is 99.2 Å². The Morgan fingerprint density at radius 1 is 1.35 bits per heavy atom. The predicted octanol–water partition coefficient (Wildman–Crippen LogP) is 1.75. The first-order valence-corrected chi connectivity index (χ1v) is 5.63. The third-order valence-corrected chi connectivity index (χ3v) is 2.83. The van der Waals surface area contributed by atoms with E-state index in [1.165, 1.54) is 12.1 Å². The van der Waals surface area contributed by atoms with E-state index in [0.29, 0.717) is 13.1 Å². The van der Waals surface area contributed by atoms with Crippen molar-refractivity contribution < 1.29 is 13.9 Å². The molecule has 5 heteroatoms. The van der Waals surface area contributed by atoms with Crippen LogP contribution >= 0.6 is 0 Å². The molecule has 1 aromatic carbocycles. The van der Waals surface area contributed by atoms with Crippen LogP contribution in [-0.4, -0.2) is 30.1 Å². The first kappa shape index (κ1) is 11.9. The van der Waals surface area contributed by atoms with Gasteiger partial charge in [-0.1, -0.05) is 12.1 Å². The highest BCUT2D eigenvalue weighted by Gasteiger charge is 2.22. The van der Waals surface area contributed by atoms with Crippen LogP contribution in [0.5, 0.6) is 5.75 Å². The number of nitrogens with zero attached hydrogens (tertiary/aromatic N) is 1. The third kappa shape index (κ3) is 2.94. The van der Waals surface area contributed by atoms with Crippen LogP contribution in [0.4, 0.5) is 9.18 Å². The van der Waals surface area contributed by atoms with Crippen molar-refractivity contribution in [1.29, 1.82) is 0 Å². The summed E-state index contributed by atoms with van der Waals surface area (Å²) < 4.78 is 18.3. The van der Waals surface area contributed by atoms with Crippen LogP contribution < -0.4 is 10.5 Å². The van der Waals surface area contributed by atoms with Gasteiger partial charge in [-0.05, 0) is 25.0 Å². The minimum atomic E-state index is -0.533. The molecule has 2 rings (SSSR count). The van der Waals surface area contributed by atoms with E-state index in [9.17, 15) is 9.18 Å². The minimum Gasteiger partial charge on any atom is -0.407 e. The Morgan fingerprint density at radius 3 is 2.65 bits per heavy atom. The SMILES string of the molecule is NC1CCN(C(=O)Oc2ccccc2F)CC1. The van der Waals surface area contributed by atoms with Crippen molar-refractivity contribution >= 4 is 6.09 Å². The highest BCUT2D eigenvalue weighted by atomic mass is 19.1. The van der Waals surface area contributed by atoms with Gasteiger partial charge in [0.2, 0.25) is 0 Å². The van der Waals surface area contributed by atoms with E-state index in [1.54, 1.807) is 17.0 Å². The van der Waals surface area contributed by atoms with Crippen molar-refractivity contribution in [2.24, 2.45) is 5.73 Å². The van der Waals surface area contributed by atoms with Gasteiger partial charge >= 0.3 is 6.09 Å². The number of likely N-dealkylation sites (tertiary alicyclic amines) is 1. The van der Waals surface area contributed by atoms with E-state index in [4.69, 9.17) is 10.5 Å². The highest BCUT2D eigenvalue weighted by Crippen LogP contribution is 2.17. The molecule has 4 nitrogen and oxygen atoms in total. The van der Waals surface area contributed by atoms with Crippen LogP contribution in [0.2, 0.25) is 0 Å². The molecule has 0 bridgehead atoms. The number of piperidine rings is 1. The zero-order valence-corrected chi connectivity index (χ0v) is 9.43. The van der Waals surface area contributed by atoms with Crippen LogP contribution in [-0.2, 0) is 0 Å². The summed E-state index contributed by atoms with van der Waals surface area (Å²) in [6, 6.07) is 6.01. The molecule has 92 valence electrons. The molecule has 0 aliphatic carbocycles. The maximum atomic E-state index is 13.3. The molecule has 1 fully saturated rings. The molecule has 1 aromatic rings. The number of halogens is 1. The summed E-state index contributed by atoms with van der Waals surface area (Å²) in [7, 11) is 0. The van der Waals surface area contributed by atoms with Crippen LogP contribution in [0, 0.1) is 5.82 Å². The number of para-hydroxylation sites is 1. The second-order valence-electron chi connectivity index (χ2n) is 4.12. The van der Waals surface area contributed by atoms with Gasteiger partial charge in [0.1, 0.15) is 0 Å². The Balaban J connectivity index is 1.95. The fourth-order valence-corrected chi connectivity index (χ4v) is 1.77. The third-order valence-electron chi connectivity index (χ3n) is 2.83. The largest absolute Gasteiger partial charge is 0.415 e. The molecule has 0 radical (unpaired) electrons. The fraction of sp³-hybridized carbons (Fsp3) is 0.417. The molecule has 0 aromatic heterocycles. The molecular weight excluding hydrogens is 223 g/mol. The number of amides is 1. The molecule has 0 atom stereocenters. The second kappa shape index (κ2) is 5.14. The molecule has 1 saturated heterocycles. The van der Waals surface area contributed by atoms with Gasteiger partial charge in [-0.2, -0.15) is 0 Å². The van der Waals surface area contributed by atoms with Crippen molar-refractivity contribution in [3.8, 4) is 5.75 Å². The van der Waals surface area contributed by atoms with Gasteiger partial charge in [0, 0.05) is 19.1 Å². The quantitative estimate of drug-likeness (QED) is 0.810. The Bertz CT molecular complexity index is 403. The maximum Gasteiger partial charge on any atom is 0.415 e. The van der Waals surface area contributed by atoms with Gasteiger partial charge in [-0.3, -0.25) is 0 Å². The monoisotopic (exact) mass is 238 g/mol. The number of rotatable bonds is 1. The Kier molecular flexibility index (Phi) is 3.58. The van der Waals surface area contributed by atoms with Gasteiger partial charge in [0.25, 0.3) is 0 Å². The highest BCUT2D eigenvalue weighted by molar-refractivity contribution is 5.70. The summed E-state index contributed by atoms with van der Waals surface area (Å²) in [5.74, 6) is -0.568. The van der Waals surface area contributed by atoms with Gasteiger partial charge < -0.3 is 15.4 Å². The fourth-order valence-electron chi connectivity index (χ4n) is 1.77. The molecule has 1 heterocycles. The summed E-state index contributed by atoms with van der Waals surface area (Å²) in [6.07, 6.45) is 1.00. The lowest BCUT2D eigenvalue weighted by atomic mass is 10.1. The van der Waals surface area contributed by atoms with Gasteiger partial charge in [-0.15, -0.1) is 0 Å². The summed E-state index contributed by atoms with van der Waals surface area (Å²) in [5.41, 5.74) is 5.74. The van der Waals surface area contributed by atoms with E-state index in [2.05, 4.69) is 0 Å². The summed E-state index contributed by atoms with van der Waals surface area (Å²) in [5, 5.41) is 0. The zero-order chi connectivity index (χ0) is 12.3. The minimum absolute atomic E-state index is 0.0348. The van der Waals surface area contributed by atoms with E-state index in [0.717, 1.165) is 12.8 Å². The normalized spacial score (nSPS) is 16.9. The van der Waals surface area contributed by atoms with Crippen molar-refractivity contribution in [2.75, 3.05) is 13.1 Å². The second-order valence-corrected chi connectivity index (χ2v) is 4.12. The number of benzene rings is 1. The average molecular weight is 238 g/mol. The Hall–Kier alpha value is -1.62. The number of carbonyl (C=O) groups excluding carboxylic acids is 1. The van der Waals surface area contributed by atoms with Crippen molar-refractivity contribution in [1.82, 2.24) is 4.90 Å². The standard InChI is InChI=1S/C12H15FN2O2/c13-10-3-1-2-4-11(10)17-12(16)15-7-5-9(14)6-8-15/h1-4,9H,5-8,14H2.